The topological polar surface area (TPSA) is 37.5 Å². The van der Waals surface area contributed by atoms with Gasteiger partial charge in [0.2, 0.25) is 0 Å². The number of hydrogen-bond donors (Lipinski definition) is 1. The van der Waals surface area contributed by atoms with Crippen LogP contribution in [0.1, 0.15) is 0 Å². The molecule has 2 aromatic heterocycles. The molecule has 0 fully saturated rings. The zero-order valence-corrected chi connectivity index (χ0v) is 9.59. The summed E-state index contributed by atoms with van der Waals surface area (Å²) in [6.45, 7) is 0. The Morgan fingerprint density at radius 2 is 2.00 bits per heavy atom. The van der Waals surface area contributed by atoms with Gasteiger partial charge in [0.1, 0.15) is 11.6 Å². The molecule has 84 valence electrons. The number of pyridine rings is 1. The normalized spacial score (nSPS) is 10.9. The molecule has 2 heterocycles. The van der Waals surface area contributed by atoms with Crippen molar-refractivity contribution in [2.45, 2.75) is 0 Å². The Hall–Kier alpha value is -2.00. The molecule has 0 atom stereocenters. The summed E-state index contributed by atoms with van der Waals surface area (Å²) in [6, 6.07) is 12.7. The van der Waals surface area contributed by atoms with Gasteiger partial charge >= 0.3 is 0 Å². The summed E-state index contributed by atoms with van der Waals surface area (Å²) in [5.74, 6) is 0.938. The average Bonchev–Trinajstić information content (AvgIpc) is 2.68. The maximum Gasteiger partial charge on any atom is 0.155 e. The van der Waals surface area contributed by atoms with Gasteiger partial charge in [-0.3, -0.25) is 4.40 Å². The summed E-state index contributed by atoms with van der Waals surface area (Å²) in [4.78, 5) is 4.32. The van der Waals surface area contributed by atoms with E-state index in [0.29, 0.717) is 5.15 Å². The molecule has 0 radical (unpaired) electrons. The van der Waals surface area contributed by atoms with Crippen molar-refractivity contribution in [1.29, 1.82) is 0 Å². The fraction of sp³-hybridized carbons (Fsp3) is 0. The number of nitrogens with zero attached hydrogens (tertiary/aromatic N) is 2. The van der Waals surface area contributed by atoms with Crippen molar-refractivity contribution in [2.24, 2.45) is 0 Å². The van der Waals surface area contributed by atoms with E-state index in [0.717, 1.165) is 16.9 Å². The molecule has 4 heteroatoms. The van der Waals surface area contributed by atoms with E-state index in [4.69, 9.17) is 11.6 Å². The molecule has 0 unspecified atom stereocenters. The molecule has 1 N–H and O–H groups in total. The first-order valence-electron chi connectivity index (χ1n) is 5.18. The standard InChI is InChI=1S/C13H9ClN2O/c14-12-11-6-1-2-7-16(11)13(15-12)9-4-3-5-10(17)8-9/h1-8,17H. The van der Waals surface area contributed by atoms with E-state index in [9.17, 15) is 5.11 Å². The average molecular weight is 245 g/mol. The molecule has 3 rings (SSSR count). The van der Waals surface area contributed by atoms with Crippen molar-refractivity contribution in [3.63, 3.8) is 0 Å². The Bertz CT molecular complexity index is 691. The van der Waals surface area contributed by atoms with Crippen molar-refractivity contribution in [3.05, 3.63) is 53.8 Å². The predicted molar refractivity (Wildman–Crippen MR) is 67.3 cm³/mol. The maximum absolute atomic E-state index is 9.48. The molecule has 0 saturated carbocycles. The predicted octanol–water partition coefficient (Wildman–Crippen LogP) is 3.36. The van der Waals surface area contributed by atoms with Gasteiger partial charge in [0, 0.05) is 11.8 Å². The van der Waals surface area contributed by atoms with Crippen molar-refractivity contribution in [3.8, 4) is 17.1 Å². The van der Waals surface area contributed by atoms with E-state index >= 15 is 0 Å². The highest BCUT2D eigenvalue weighted by atomic mass is 35.5. The van der Waals surface area contributed by atoms with Crippen molar-refractivity contribution in [2.75, 3.05) is 0 Å². The van der Waals surface area contributed by atoms with Crippen molar-refractivity contribution < 1.29 is 5.11 Å². The van der Waals surface area contributed by atoms with Crippen LogP contribution in [-0.4, -0.2) is 14.5 Å². The molecule has 0 aliphatic carbocycles. The minimum atomic E-state index is 0.214. The lowest BCUT2D eigenvalue weighted by Gasteiger charge is -2.01. The Morgan fingerprint density at radius 3 is 2.82 bits per heavy atom. The highest BCUT2D eigenvalue weighted by molar-refractivity contribution is 6.32. The zero-order valence-electron chi connectivity index (χ0n) is 8.84. The maximum atomic E-state index is 9.48. The highest BCUT2D eigenvalue weighted by Crippen LogP contribution is 2.27. The van der Waals surface area contributed by atoms with Gasteiger partial charge in [-0.25, -0.2) is 4.98 Å². The molecule has 0 bridgehead atoms. The number of benzene rings is 1. The third-order valence-corrected chi connectivity index (χ3v) is 2.89. The number of hydrogen-bond acceptors (Lipinski definition) is 2. The van der Waals surface area contributed by atoms with Crippen LogP contribution in [0, 0.1) is 0 Å². The molecule has 0 spiro atoms. The molecule has 0 aliphatic rings. The number of fused-ring (bicyclic) bond motifs is 1. The number of imidazole rings is 1. The summed E-state index contributed by atoms with van der Waals surface area (Å²) >= 11 is 6.07. The quantitative estimate of drug-likeness (QED) is 0.713. The van der Waals surface area contributed by atoms with Gasteiger partial charge in [0.15, 0.2) is 5.15 Å². The summed E-state index contributed by atoms with van der Waals surface area (Å²) < 4.78 is 1.90. The van der Waals surface area contributed by atoms with Crippen LogP contribution in [0.4, 0.5) is 0 Å². The Balaban J connectivity index is 2.31. The van der Waals surface area contributed by atoms with Crippen molar-refractivity contribution >= 4 is 17.1 Å². The molecule has 3 nitrogen and oxygen atoms in total. The van der Waals surface area contributed by atoms with Gasteiger partial charge in [0.25, 0.3) is 0 Å². The number of phenols is 1. The Kier molecular flexibility index (Phi) is 2.27. The summed E-state index contributed by atoms with van der Waals surface area (Å²) in [5.41, 5.74) is 1.69. The second-order valence-corrected chi connectivity index (χ2v) is 4.09. The molecule has 1 aromatic carbocycles. The number of aromatic hydroxyl groups is 1. The second kappa shape index (κ2) is 3.79. The van der Waals surface area contributed by atoms with Gasteiger partial charge < -0.3 is 5.11 Å². The Morgan fingerprint density at radius 1 is 1.12 bits per heavy atom. The highest BCUT2D eigenvalue weighted by Gasteiger charge is 2.10. The van der Waals surface area contributed by atoms with E-state index in [-0.39, 0.29) is 5.75 Å². The van der Waals surface area contributed by atoms with E-state index < -0.39 is 0 Å². The van der Waals surface area contributed by atoms with Gasteiger partial charge in [-0.15, -0.1) is 0 Å². The van der Waals surface area contributed by atoms with Gasteiger partial charge in [-0.1, -0.05) is 29.8 Å². The minimum Gasteiger partial charge on any atom is -0.508 e. The lowest BCUT2D eigenvalue weighted by Crippen LogP contribution is -1.87. The molecule has 0 saturated heterocycles. The van der Waals surface area contributed by atoms with Crippen LogP contribution < -0.4 is 0 Å². The summed E-state index contributed by atoms with van der Waals surface area (Å²) in [5, 5.41) is 9.95. The SMILES string of the molecule is Oc1cccc(-c2nc(Cl)c3ccccn23)c1. The van der Waals surface area contributed by atoms with E-state index in [1.807, 2.05) is 34.9 Å². The number of halogens is 1. The van der Waals surface area contributed by atoms with Crippen LogP contribution in [0.25, 0.3) is 16.9 Å². The zero-order chi connectivity index (χ0) is 11.8. The van der Waals surface area contributed by atoms with Gasteiger partial charge in [-0.05, 0) is 24.3 Å². The largest absolute Gasteiger partial charge is 0.508 e. The third-order valence-electron chi connectivity index (χ3n) is 2.61. The van der Waals surface area contributed by atoms with E-state index in [1.165, 1.54) is 0 Å². The van der Waals surface area contributed by atoms with Crippen LogP contribution in [0.3, 0.4) is 0 Å². The van der Waals surface area contributed by atoms with Crippen LogP contribution in [-0.2, 0) is 0 Å². The number of rotatable bonds is 1. The molecule has 0 aliphatic heterocycles. The van der Waals surface area contributed by atoms with Crippen LogP contribution in [0.2, 0.25) is 5.15 Å². The Labute approximate surface area is 103 Å². The van der Waals surface area contributed by atoms with E-state index in [1.54, 1.807) is 18.2 Å². The first kappa shape index (κ1) is 10.2. The molecule has 0 amide bonds. The van der Waals surface area contributed by atoms with E-state index in [2.05, 4.69) is 4.98 Å². The van der Waals surface area contributed by atoms with Crippen LogP contribution in [0.15, 0.2) is 48.7 Å². The summed E-state index contributed by atoms with van der Waals surface area (Å²) in [6.07, 6.45) is 1.90. The van der Waals surface area contributed by atoms with Crippen LogP contribution >= 0.6 is 11.6 Å². The number of phenolic OH excluding ortho intramolecular Hbond substituents is 1. The number of aromatic nitrogens is 2. The fourth-order valence-corrected chi connectivity index (χ4v) is 2.08. The third kappa shape index (κ3) is 1.65. The fourth-order valence-electron chi connectivity index (χ4n) is 1.85. The first-order chi connectivity index (χ1) is 8.25. The summed E-state index contributed by atoms with van der Waals surface area (Å²) in [7, 11) is 0. The van der Waals surface area contributed by atoms with Gasteiger partial charge in [-0.2, -0.15) is 0 Å². The van der Waals surface area contributed by atoms with Crippen LogP contribution in [0.5, 0.6) is 5.75 Å². The van der Waals surface area contributed by atoms with Gasteiger partial charge in [0.05, 0.1) is 5.52 Å². The lowest BCUT2D eigenvalue weighted by molar-refractivity contribution is 0.475. The molecule has 3 aromatic rings. The molecular weight excluding hydrogens is 236 g/mol. The molecule has 17 heavy (non-hydrogen) atoms. The molecular formula is C13H9ClN2O. The lowest BCUT2D eigenvalue weighted by atomic mass is 10.2. The monoisotopic (exact) mass is 244 g/mol. The smallest absolute Gasteiger partial charge is 0.155 e. The second-order valence-electron chi connectivity index (χ2n) is 3.73. The minimum absolute atomic E-state index is 0.214. The van der Waals surface area contributed by atoms with Crippen molar-refractivity contribution in [1.82, 2.24) is 9.38 Å². The first-order valence-corrected chi connectivity index (χ1v) is 5.55.